The molecule has 0 saturated heterocycles. The standard InChI is InChI=1S/C31H26N2O/c1-19-12-15-24-23-10-7-11-25(29(23)34-30(24)33-19)28-17-26(27(18-32-28)31(2,3)4)22-14-13-20-8-5-6-9-21(20)16-22/h5-18H,1-4H3. The Kier molecular flexibility index (Phi) is 4.56. The average Bonchev–Trinajstić information content (AvgIpc) is 3.20. The van der Waals surface area contributed by atoms with Crippen LogP contribution in [0.5, 0.6) is 0 Å². The molecular formula is C31H26N2O. The first-order chi connectivity index (χ1) is 16.4. The molecular weight excluding hydrogens is 416 g/mol. The quantitative estimate of drug-likeness (QED) is 0.270. The number of furan rings is 1. The van der Waals surface area contributed by atoms with Gasteiger partial charge < -0.3 is 4.42 Å². The monoisotopic (exact) mass is 442 g/mol. The number of aromatic nitrogens is 2. The van der Waals surface area contributed by atoms with Crippen molar-refractivity contribution in [1.82, 2.24) is 9.97 Å². The second-order valence-corrected chi connectivity index (χ2v) is 10.0. The van der Waals surface area contributed by atoms with E-state index in [0.717, 1.165) is 33.3 Å². The summed E-state index contributed by atoms with van der Waals surface area (Å²) in [5, 5.41) is 4.57. The van der Waals surface area contributed by atoms with Crippen molar-refractivity contribution in [2.24, 2.45) is 0 Å². The van der Waals surface area contributed by atoms with Crippen LogP contribution in [0.1, 0.15) is 32.0 Å². The molecule has 0 bridgehead atoms. The SMILES string of the molecule is Cc1ccc2c(n1)oc1c(-c3cc(-c4ccc5ccccc5c4)c(C(C)(C)C)cn3)cccc12. The van der Waals surface area contributed by atoms with Crippen molar-refractivity contribution in [3.8, 4) is 22.4 Å². The lowest BCUT2D eigenvalue weighted by Crippen LogP contribution is -2.13. The molecule has 3 aromatic carbocycles. The van der Waals surface area contributed by atoms with Crippen molar-refractivity contribution in [2.75, 3.05) is 0 Å². The van der Waals surface area contributed by atoms with Gasteiger partial charge in [-0.1, -0.05) is 69.3 Å². The molecule has 6 aromatic rings. The zero-order valence-corrected chi connectivity index (χ0v) is 19.9. The van der Waals surface area contributed by atoms with Gasteiger partial charge >= 0.3 is 0 Å². The fourth-order valence-electron chi connectivity index (χ4n) is 4.77. The molecule has 0 aliphatic heterocycles. The lowest BCUT2D eigenvalue weighted by atomic mass is 9.82. The molecule has 0 aliphatic rings. The van der Waals surface area contributed by atoms with Gasteiger partial charge in [0, 0.05) is 28.2 Å². The van der Waals surface area contributed by atoms with E-state index in [4.69, 9.17) is 9.40 Å². The Morgan fingerprint density at radius 1 is 0.735 bits per heavy atom. The van der Waals surface area contributed by atoms with Crippen LogP contribution in [0.4, 0.5) is 0 Å². The van der Waals surface area contributed by atoms with E-state index in [1.807, 2.05) is 19.2 Å². The largest absolute Gasteiger partial charge is 0.437 e. The topological polar surface area (TPSA) is 38.9 Å². The van der Waals surface area contributed by atoms with Gasteiger partial charge in [0.1, 0.15) is 5.58 Å². The highest BCUT2D eigenvalue weighted by atomic mass is 16.3. The average molecular weight is 443 g/mol. The van der Waals surface area contributed by atoms with Gasteiger partial charge in [-0.05, 0) is 70.1 Å². The molecule has 166 valence electrons. The maximum absolute atomic E-state index is 6.27. The number of pyridine rings is 2. The summed E-state index contributed by atoms with van der Waals surface area (Å²) in [6.07, 6.45) is 2.03. The number of nitrogens with zero attached hydrogens (tertiary/aromatic N) is 2. The molecule has 0 amide bonds. The molecule has 0 aliphatic carbocycles. The number of para-hydroxylation sites is 1. The van der Waals surface area contributed by atoms with Crippen molar-refractivity contribution in [2.45, 2.75) is 33.1 Å². The predicted molar refractivity (Wildman–Crippen MR) is 141 cm³/mol. The van der Waals surface area contributed by atoms with Crippen LogP contribution >= 0.6 is 0 Å². The Hall–Kier alpha value is -3.98. The minimum atomic E-state index is -0.0423. The molecule has 0 unspecified atom stereocenters. The van der Waals surface area contributed by atoms with Gasteiger partial charge in [0.2, 0.25) is 5.71 Å². The maximum Gasteiger partial charge on any atom is 0.227 e. The Bertz CT molecular complexity index is 1700. The smallest absolute Gasteiger partial charge is 0.227 e. The molecule has 3 nitrogen and oxygen atoms in total. The van der Waals surface area contributed by atoms with Gasteiger partial charge in [-0.25, -0.2) is 4.98 Å². The lowest BCUT2D eigenvalue weighted by molar-refractivity contribution is 0.589. The Morgan fingerprint density at radius 2 is 1.56 bits per heavy atom. The fourth-order valence-corrected chi connectivity index (χ4v) is 4.77. The van der Waals surface area contributed by atoms with Crippen LogP contribution in [0.3, 0.4) is 0 Å². The van der Waals surface area contributed by atoms with Gasteiger partial charge in [-0.3, -0.25) is 4.98 Å². The Morgan fingerprint density at radius 3 is 2.38 bits per heavy atom. The highest BCUT2D eigenvalue weighted by molar-refractivity contribution is 6.08. The zero-order valence-electron chi connectivity index (χ0n) is 19.9. The summed E-state index contributed by atoms with van der Waals surface area (Å²) in [5.74, 6) is 0. The summed E-state index contributed by atoms with van der Waals surface area (Å²) in [5.41, 5.74) is 7.90. The lowest BCUT2D eigenvalue weighted by Gasteiger charge is -2.23. The third-order valence-corrected chi connectivity index (χ3v) is 6.55. The normalized spacial score (nSPS) is 12.1. The molecule has 3 aromatic heterocycles. The number of hydrogen-bond donors (Lipinski definition) is 0. The van der Waals surface area contributed by atoms with Crippen molar-refractivity contribution in [1.29, 1.82) is 0 Å². The molecule has 34 heavy (non-hydrogen) atoms. The van der Waals surface area contributed by atoms with E-state index in [1.165, 1.54) is 27.5 Å². The minimum absolute atomic E-state index is 0.0423. The van der Waals surface area contributed by atoms with Crippen LogP contribution in [-0.4, -0.2) is 9.97 Å². The Labute approximate surface area is 199 Å². The molecule has 6 rings (SSSR count). The molecule has 0 saturated carbocycles. The van der Waals surface area contributed by atoms with Gasteiger partial charge in [0.25, 0.3) is 0 Å². The van der Waals surface area contributed by atoms with Crippen LogP contribution in [0.25, 0.3) is 55.2 Å². The molecule has 3 heteroatoms. The van der Waals surface area contributed by atoms with Crippen molar-refractivity contribution >= 4 is 32.8 Å². The van der Waals surface area contributed by atoms with Crippen LogP contribution < -0.4 is 0 Å². The van der Waals surface area contributed by atoms with Crippen LogP contribution in [0, 0.1) is 6.92 Å². The number of fused-ring (bicyclic) bond motifs is 4. The van der Waals surface area contributed by atoms with Gasteiger partial charge in [-0.15, -0.1) is 0 Å². The predicted octanol–water partition coefficient (Wildman–Crippen LogP) is 8.47. The van der Waals surface area contributed by atoms with Gasteiger partial charge in [0.15, 0.2) is 0 Å². The number of hydrogen-bond acceptors (Lipinski definition) is 3. The highest BCUT2D eigenvalue weighted by Gasteiger charge is 2.22. The van der Waals surface area contributed by atoms with E-state index in [0.29, 0.717) is 5.71 Å². The summed E-state index contributed by atoms with van der Waals surface area (Å²) in [6.45, 7) is 8.70. The molecule has 0 N–H and O–H groups in total. The Balaban J connectivity index is 1.60. The molecule has 3 heterocycles. The first kappa shape index (κ1) is 20.6. The van der Waals surface area contributed by atoms with E-state index in [1.54, 1.807) is 0 Å². The van der Waals surface area contributed by atoms with E-state index >= 15 is 0 Å². The number of benzene rings is 3. The molecule has 0 spiro atoms. The van der Waals surface area contributed by atoms with E-state index in [9.17, 15) is 0 Å². The fraction of sp³-hybridized carbons (Fsp3) is 0.161. The van der Waals surface area contributed by atoms with Crippen LogP contribution in [0.2, 0.25) is 0 Å². The summed E-state index contributed by atoms with van der Waals surface area (Å²) in [4.78, 5) is 9.52. The number of rotatable bonds is 2. The first-order valence-corrected chi connectivity index (χ1v) is 11.7. The molecule has 0 radical (unpaired) electrons. The van der Waals surface area contributed by atoms with E-state index < -0.39 is 0 Å². The van der Waals surface area contributed by atoms with Gasteiger partial charge in [0.05, 0.1) is 5.69 Å². The van der Waals surface area contributed by atoms with Gasteiger partial charge in [-0.2, -0.15) is 0 Å². The summed E-state index contributed by atoms with van der Waals surface area (Å²) in [6, 6.07) is 27.8. The minimum Gasteiger partial charge on any atom is -0.437 e. The summed E-state index contributed by atoms with van der Waals surface area (Å²) >= 11 is 0. The van der Waals surface area contributed by atoms with E-state index in [2.05, 4.69) is 98.6 Å². The van der Waals surface area contributed by atoms with Crippen LogP contribution in [-0.2, 0) is 5.41 Å². The zero-order chi connectivity index (χ0) is 23.4. The third-order valence-electron chi connectivity index (χ3n) is 6.55. The van der Waals surface area contributed by atoms with Crippen molar-refractivity contribution < 1.29 is 4.42 Å². The highest BCUT2D eigenvalue weighted by Crippen LogP contribution is 2.39. The molecule has 0 fully saturated rings. The number of aryl methyl sites for hydroxylation is 1. The maximum atomic E-state index is 6.27. The van der Waals surface area contributed by atoms with Crippen molar-refractivity contribution in [3.05, 3.63) is 96.3 Å². The second kappa shape index (κ2) is 7.53. The molecule has 0 atom stereocenters. The van der Waals surface area contributed by atoms with E-state index in [-0.39, 0.29) is 5.41 Å². The summed E-state index contributed by atoms with van der Waals surface area (Å²) < 4.78 is 6.27. The van der Waals surface area contributed by atoms with Crippen molar-refractivity contribution in [3.63, 3.8) is 0 Å². The second-order valence-electron chi connectivity index (χ2n) is 10.0. The first-order valence-electron chi connectivity index (χ1n) is 11.7. The van der Waals surface area contributed by atoms with Crippen LogP contribution in [0.15, 0.2) is 89.5 Å². The summed E-state index contributed by atoms with van der Waals surface area (Å²) in [7, 11) is 0. The third kappa shape index (κ3) is 3.36.